The second kappa shape index (κ2) is 9.12. The SMILES string of the molecule is [B]C([B])(O)n1cc(-c2ccc3cnc(NC(=C)C4CCN(CC(C)C)CC4)cc3c2)cn1. The molecular weight excluding hydrogens is 396 g/mol. The van der Waals surface area contributed by atoms with Crippen molar-refractivity contribution in [1.29, 1.82) is 0 Å². The highest BCUT2D eigenvalue weighted by Gasteiger charge is 2.22. The van der Waals surface area contributed by atoms with Crippen molar-refractivity contribution in [3.8, 4) is 11.1 Å². The Labute approximate surface area is 192 Å². The molecule has 0 unspecified atom stereocenters. The highest BCUT2D eigenvalue weighted by atomic mass is 16.3. The van der Waals surface area contributed by atoms with Gasteiger partial charge >= 0.3 is 0 Å². The number of pyridine rings is 1. The van der Waals surface area contributed by atoms with E-state index < -0.39 is 5.52 Å². The molecule has 6 nitrogen and oxygen atoms in total. The molecule has 2 N–H and O–H groups in total. The average Bonchev–Trinajstić information content (AvgIpc) is 3.24. The standard InChI is InChI=1S/C24H29B2N5O/c1-16(2)14-30-8-6-18(7-9-30)17(3)29-23-11-21-10-19(4-5-20(21)12-27-23)22-13-28-31(15-22)24(25,26)32/h4-5,10-13,15-16,18,32H,3,6-9,14H2,1-2H3,(H,27,29). The lowest BCUT2D eigenvalue weighted by Crippen LogP contribution is -2.37. The molecule has 2 aromatic heterocycles. The van der Waals surface area contributed by atoms with E-state index in [1.54, 1.807) is 12.4 Å². The molecule has 0 atom stereocenters. The summed E-state index contributed by atoms with van der Waals surface area (Å²) < 4.78 is 1.13. The van der Waals surface area contributed by atoms with Crippen molar-refractivity contribution in [2.45, 2.75) is 32.2 Å². The number of aliphatic hydroxyl groups is 1. The van der Waals surface area contributed by atoms with Gasteiger partial charge in [-0.1, -0.05) is 32.6 Å². The maximum atomic E-state index is 9.73. The maximum Gasteiger partial charge on any atom is 0.131 e. The van der Waals surface area contributed by atoms with E-state index in [0.717, 1.165) is 70.6 Å². The molecule has 0 aliphatic carbocycles. The predicted octanol–water partition coefficient (Wildman–Crippen LogP) is 3.29. The number of nitrogens with zero attached hydrogens (tertiary/aromatic N) is 4. The third-order valence-corrected chi connectivity index (χ3v) is 6.00. The molecule has 0 amide bonds. The highest BCUT2D eigenvalue weighted by molar-refractivity contribution is 6.36. The van der Waals surface area contributed by atoms with E-state index in [4.69, 9.17) is 15.7 Å². The monoisotopic (exact) mass is 425 g/mol. The van der Waals surface area contributed by atoms with Crippen molar-refractivity contribution in [3.63, 3.8) is 0 Å². The van der Waals surface area contributed by atoms with Crippen LogP contribution in [0.15, 0.2) is 55.1 Å². The topological polar surface area (TPSA) is 66.2 Å². The molecule has 162 valence electrons. The van der Waals surface area contributed by atoms with Gasteiger partial charge in [-0.05, 0) is 54.9 Å². The zero-order valence-electron chi connectivity index (χ0n) is 18.8. The van der Waals surface area contributed by atoms with Crippen LogP contribution in [-0.2, 0) is 5.52 Å². The Bertz CT molecular complexity index is 1100. The third kappa shape index (κ3) is 5.25. The first-order valence-corrected chi connectivity index (χ1v) is 11.1. The Kier molecular flexibility index (Phi) is 6.45. The molecule has 4 radical (unpaired) electrons. The molecule has 3 aromatic rings. The van der Waals surface area contributed by atoms with Gasteiger partial charge in [0.25, 0.3) is 0 Å². The number of benzene rings is 1. The summed E-state index contributed by atoms with van der Waals surface area (Å²) in [4.78, 5) is 7.11. The highest BCUT2D eigenvalue weighted by Crippen LogP contribution is 2.28. The molecule has 8 heteroatoms. The first-order valence-electron chi connectivity index (χ1n) is 11.1. The number of rotatable bonds is 7. The van der Waals surface area contributed by atoms with Gasteiger partial charge in [0.2, 0.25) is 0 Å². The van der Waals surface area contributed by atoms with E-state index in [1.165, 1.54) is 0 Å². The van der Waals surface area contributed by atoms with Gasteiger partial charge < -0.3 is 15.3 Å². The lowest BCUT2D eigenvalue weighted by Gasteiger charge is -2.33. The van der Waals surface area contributed by atoms with E-state index in [9.17, 15) is 5.11 Å². The van der Waals surface area contributed by atoms with Crippen LogP contribution in [0.5, 0.6) is 0 Å². The predicted molar refractivity (Wildman–Crippen MR) is 131 cm³/mol. The van der Waals surface area contributed by atoms with E-state index >= 15 is 0 Å². The van der Waals surface area contributed by atoms with Gasteiger partial charge in [-0.2, -0.15) is 5.10 Å². The minimum atomic E-state index is -2.03. The summed E-state index contributed by atoms with van der Waals surface area (Å²) in [5.41, 5.74) is 0.761. The van der Waals surface area contributed by atoms with Gasteiger partial charge in [-0.25, -0.2) is 4.98 Å². The molecule has 1 aliphatic rings. The largest absolute Gasteiger partial charge is 0.388 e. The number of allylic oxidation sites excluding steroid dienone is 1. The lowest BCUT2D eigenvalue weighted by molar-refractivity contribution is 0.126. The van der Waals surface area contributed by atoms with Crippen LogP contribution < -0.4 is 5.32 Å². The zero-order chi connectivity index (χ0) is 22.9. The van der Waals surface area contributed by atoms with E-state index in [-0.39, 0.29) is 0 Å². The van der Waals surface area contributed by atoms with Crippen molar-refractivity contribution in [1.82, 2.24) is 19.7 Å². The second-order valence-corrected chi connectivity index (χ2v) is 9.21. The van der Waals surface area contributed by atoms with Crippen LogP contribution in [0, 0.1) is 11.8 Å². The van der Waals surface area contributed by atoms with Crippen LogP contribution in [0.3, 0.4) is 0 Å². The lowest BCUT2D eigenvalue weighted by atomic mass is 9.73. The fourth-order valence-corrected chi connectivity index (χ4v) is 4.30. The summed E-state index contributed by atoms with van der Waals surface area (Å²) in [7, 11) is 11.0. The zero-order valence-corrected chi connectivity index (χ0v) is 18.8. The van der Waals surface area contributed by atoms with Gasteiger partial charge in [-0.3, -0.25) is 4.68 Å². The molecule has 0 bridgehead atoms. The number of nitrogens with one attached hydrogen (secondary N) is 1. The third-order valence-electron chi connectivity index (χ3n) is 6.00. The number of anilines is 1. The summed E-state index contributed by atoms with van der Waals surface area (Å²) in [5, 5.41) is 19.3. The Balaban J connectivity index is 1.46. The summed E-state index contributed by atoms with van der Waals surface area (Å²) in [6, 6.07) is 8.08. The molecular formula is C24H29B2N5O. The average molecular weight is 425 g/mol. The Morgan fingerprint density at radius 1 is 1.19 bits per heavy atom. The molecule has 0 spiro atoms. The Morgan fingerprint density at radius 2 is 1.94 bits per heavy atom. The number of aromatic nitrogens is 3. The van der Waals surface area contributed by atoms with Gasteiger partial charge in [0, 0.05) is 41.5 Å². The van der Waals surface area contributed by atoms with Crippen molar-refractivity contribution in [3.05, 3.63) is 55.1 Å². The van der Waals surface area contributed by atoms with Crippen molar-refractivity contribution < 1.29 is 5.11 Å². The molecule has 3 heterocycles. The number of likely N-dealkylation sites (tertiary alicyclic amines) is 1. The van der Waals surface area contributed by atoms with Crippen LogP contribution in [0.2, 0.25) is 0 Å². The molecule has 4 rings (SSSR count). The smallest absolute Gasteiger partial charge is 0.131 e. The summed E-state index contributed by atoms with van der Waals surface area (Å²) in [6.07, 6.45) is 7.35. The summed E-state index contributed by atoms with van der Waals surface area (Å²) in [5.74, 6) is 1.95. The normalized spacial score (nSPS) is 16.0. The fourth-order valence-electron chi connectivity index (χ4n) is 4.30. The molecule has 1 aromatic carbocycles. The van der Waals surface area contributed by atoms with Crippen molar-refractivity contribution in [2.24, 2.45) is 11.8 Å². The Hall–Kier alpha value is -2.57. The van der Waals surface area contributed by atoms with Crippen molar-refractivity contribution >= 4 is 32.3 Å². The molecule has 32 heavy (non-hydrogen) atoms. The molecule has 0 saturated carbocycles. The summed E-state index contributed by atoms with van der Waals surface area (Å²) >= 11 is 0. The van der Waals surface area contributed by atoms with Crippen LogP contribution >= 0.6 is 0 Å². The van der Waals surface area contributed by atoms with Crippen LogP contribution in [0.25, 0.3) is 21.9 Å². The molecule has 1 fully saturated rings. The van der Waals surface area contributed by atoms with Gasteiger partial charge in [0.1, 0.15) is 21.5 Å². The number of hydrogen-bond donors (Lipinski definition) is 2. The number of fused-ring (bicyclic) bond motifs is 1. The van der Waals surface area contributed by atoms with E-state index in [0.29, 0.717) is 11.8 Å². The Morgan fingerprint density at radius 3 is 2.59 bits per heavy atom. The summed E-state index contributed by atoms with van der Waals surface area (Å²) in [6.45, 7) is 12.2. The number of piperidine rings is 1. The molecule has 1 saturated heterocycles. The first-order chi connectivity index (χ1) is 15.2. The van der Waals surface area contributed by atoms with Gasteiger partial charge in [0.15, 0.2) is 0 Å². The fraction of sp³-hybridized carbons (Fsp3) is 0.417. The van der Waals surface area contributed by atoms with Crippen LogP contribution in [-0.4, -0.2) is 60.1 Å². The quantitative estimate of drug-likeness (QED) is 0.569. The maximum absolute atomic E-state index is 9.73. The van der Waals surface area contributed by atoms with Gasteiger partial charge in [-0.15, -0.1) is 0 Å². The minimum absolute atomic E-state index is 0.458. The van der Waals surface area contributed by atoms with Crippen molar-refractivity contribution in [2.75, 3.05) is 25.0 Å². The molecule has 1 aliphatic heterocycles. The minimum Gasteiger partial charge on any atom is -0.388 e. The van der Waals surface area contributed by atoms with Gasteiger partial charge in [0.05, 0.1) is 11.7 Å². The van der Waals surface area contributed by atoms with Crippen LogP contribution in [0.1, 0.15) is 26.7 Å². The van der Waals surface area contributed by atoms with Crippen LogP contribution in [0.4, 0.5) is 5.82 Å². The second-order valence-electron chi connectivity index (χ2n) is 9.21. The van der Waals surface area contributed by atoms with E-state index in [2.05, 4.69) is 46.8 Å². The number of hydrogen-bond acceptors (Lipinski definition) is 5. The van der Waals surface area contributed by atoms with E-state index in [1.807, 2.05) is 24.4 Å². The first kappa shape index (κ1) is 22.6.